The average Bonchev–Trinajstić information content (AvgIpc) is 3.64. The first kappa shape index (κ1) is 25.6. The van der Waals surface area contributed by atoms with E-state index >= 15 is 0 Å². The van der Waals surface area contributed by atoms with Gasteiger partial charge in [0.1, 0.15) is 23.8 Å². The van der Waals surface area contributed by atoms with E-state index in [1.54, 1.807) is 11.7 Å². The molecule has 5 rings (SSSR count). The average molecular weight is 513 g/mol. The lowest BCUT2D eigenvalue weighted by Crippen LogP contribution is -2.59. The number of aromatic nitrogens is 3. The molecule has 4 heterocycles. The van der Waals surface area contributed by atoms with Crippen LogP contribution in [-0.4, -0.2) is 79.7 Å². The molecule has 2 bridgehead atoms. The fraction of sp³-hybridized carbons (Fsp3) is 0.654. The van der Waals surface area contributed by atoms with Crippen molar-refractivity contribution in [1.82, 2.24) is 30.5 Å². The Morgan fingerprint density at radius 1 is 1.24 bits per heavy atom. The van der Waals surface area contributed by atoms with Crippen LogP contribution in [0.3, 0.4) is 0 Å². The number of amides is 3. The molecule has 3 aliphatic heterocycles. The second-order valence-electron chi connectivity index (χ2n) is 10.6. The molecule has 0 saturated carbocycles. The minimum atomic E-state index is -1.14. The third kappa shape index (κ3) is 3.58. The molecule has 2 aromatic rings. The van der Waals surface area contributed by atoms with Crippen molar-refractivity contribution in [2.75, 3.05) is 13.7 Å². The van der Waals surface area contributed by atoms with Crippen molar-refractivity contribution in [2.24, 2.45) is 17.8 Å². The molecule has 2 unspecified atom stereocenters. The van der Waals surface area contributed by atoms with Crippen molar-refractivity contribution >= 4 is 28.8 Å². The summed E-state index contributed by atoms with van der Waals surface area (Å²) in [6.07, 6.45) is 2.35. The molecule has 3 fully saturated rings. The number of benzene rings is 1. The molecule has 3 saturated heterocycles. The summed E-state index contributed by atoms with van der Waals surface area (Å²) in [5.74, 6) is -2.48. The number of ether oxygens (including phenoxy) is 1. The number of hydrogen-bond acceptors (Lipinski definition) is 7. The standard InChI is InChI=1S/C26H36N6O5/c1-5-15(3)18(13-33)32-21(23(35)28-14-31-17-10-8-7-9-16(17)29-30-31)26-12-11-25(6-2,37-26)19(22(34)27-4)20(26)24(32)36/h7-10,15,18-21,33H,5-6,11-14H2,1-4H3,(H,27,34)(H,28,35)/t15-,18-,19-,20-,21?,25+,26?/m0/s1. The van der Waals surface area contributed by atoms with Gasteiger partial charge in [-0.2, -0.15) is 0 Å². The van der Waals surface area contributed by atoms with E-state index in [2.05, 4.69) is 20.9 Å². The lowest BCUT2D eigenvalue weighted by Gasteiger charge is -2.39. The maximum atomic E-state index is 14.2. The highest BCUT2D eigenvalue weighted by atomic mass is 16.5. The minimum absolute atomic E-state index is 0.0591. The number of carbonyl (C=O) groups is 3. The van der Waals surface area contributed by atoms with Gasteiger partial charge in [-0.25, -0.2) is 4.68 Å². The number of para-hydroxylation sites is 1. The van der Waals surface area contributed by atoms with E-state index < -0.39 is 35.1 Å². The van der Waals surface area contributed by atoms with Crippen LogP contribution < -0.4 is 10.6 Å². The molecule has 11 heteroatoms. The highest BCUT2D eigenvalue weighted by Crippen LogP contribution is 2.64. The molecular formula is C26H36N6O5. The number of hydrogen-bond donors (Lipinski definition) is 3. The van der Waals surface area contributed by atoms with E-state index in [4.69, 9.17) is 4.74 Å². The van der Waals surface area contributed by atoms with Crippen LogP contribution >= 0.6 is 0 Å². The second-order valence-corrected chi connectivity index (χ2v) is 10.6. The van der Waals surface area contributed by atoms with Gasteiger partial charge in [0.15, 0.2) is 0 Å². The molecule has 1 aromatic heterocycles. The minimum Gasteiger partial charge on any atom is -0.394 e. The van der Waals surface area contributed by atoms with Gasteiger partial charge in [-0.05, 0) is 37.3 Å². The van der Waals surface area contributed by atoms with Crippen LogP contribution in [-0.2, 0) is 25.8 Å². The van der Waals surface area contributed by atoms with Gasteiger partial charge in [0.2, 0.25) is 17.7 Å². The first-order chi connectivity index (χ1) is 17.8. The van der Waals surface area contributed by atoms with Gasteiger partial charge in [0, 0.05) is 7.05 Å². The third-order valence-corrected chi connectivity index (χ3v) is 9.06. The summed E-state index contributed by atoms with van der Waals surface area (Å²) in [5.41, 5.74) is -0.451. The fourth-order valence-corrected chi connectivity index (χ4v) is 6.96. The fourth-order valence-electron chi connectivity index (χ4n) is 6.96. The van der Waals surface area contributed by atoms with E-state index in [0.717, 1.165) is 5.52 Å². The molecule has 11 nitrogen and oxygen atoms in total. The first-order valence-corrected chi connectivity index (χ1v) is 13.2. The Labute approximate surface area is 215 Å². The van der Waals surface area contributed by atoms with Gasteiger partial charge in [-0.1, -0.05) is 44.5 Å². The predicted molar refractivity (Wildman–Crippen MR) is 134 cm³/mol. The van der Waals surface area contributed by atoms with Crippen LogP contribution in [0, 0.1) is 17.8 Å². The number of likely N-dealkylation sites (tertiary alicyclic amines) is 1. The Morgan fingerprint density at radius 3 is 2.68 bits per heavy atom. The number of carbonyl (C=O) groups excluding carboxylic acids is 3. The summed E-state index contributed by atoms with van der Waals surface area (Å²) in [6, 6.07) is 5.89. The summed E-state index contributed by atoms with van der Waals surface area (Å²) in [5, 5.41) is 24.3. The maximum Gasteiger partial charge on any atom is 0.247 e. The van der Waals surface area contributed by atoms with Crippen molar-refractivity contribution in [3.8, 4) is 0 Å². The van der Waals surface area contributed by atoms with Crippen molar-refractivity contribution in [1.29, 1.82) is 0 Å². The number of aliphatic hydroxyl groups is 1. The van der Waals surface area contributed by atoms with Gasteiger partial charge in [-0.15, -0.1) is 5.10 Å². The van der Waals surface area contributed by atoms with Crippen molar-refractivity contribution in [2.45, 2.75) is 76.4 Å². The van der Waals surface area contributed by atoms with Crippen molar-refractivity contribution in [3.63, 3.8) is 0 Å². The van der Waals surface area contributed by atoms with Gasteiger partial charge in [0.05, 0.1) is 35.6 Å². The predicted octanol–water partition coefficient (Wildman–Crippen LogP) is 0.813. The largest absolute Gasteiger partial charge is 0.394 e. The van der Waals surface area contributed by atoms with Crippen LogP contribution in [0.1, 0.15) is 46.5 Å². The Bertz CT molecular complexity index is 1220. The Morgan fingerprint density at radius 2 is 2.00 bits per heavy atom. The monoisotopic (exact) mass is 512 g/mol. The van der Waals surface area contributed by atoms with Crippen molar-refractivity contribution in [3.05, 3.63) is 24.3 Å². The molecule has 0 aliphatic carbocycles. The van der Waals surface area contributed by atoms with E-state index in [0.29, 0.717) is 31.2 Å². The SMILES string of the molecule is CC[C@H](C)[C@H](CO)N1C(=O)[C@@H]2[C@@H](C(=O)NC)[C@@]3(CC)CCC2(O3)C1C(=O)NCn1nnc2ccccc21. The van der Waals surface area contributed by atoms with Gasteiger partial charge in [-0.3, -0.25) is 14.4 Å². The summed E-state index contributed by atoms with van der Waals surface area (Å²) in [7, 11) is 1.56. The van der Waals surface area contributed by atoms with Crippen LogP contribution in [0.25, 0.3) is 11.0 Å². The van der Waals surface area contributed by atoms with E-state index in [-0.39, 0.29) is 36.9 Å². The molecule has 1 spiro atoms. The molecule has 37 heavy (non-hydrogen) atoms. The van der Waals surface area contributed by atoms with Crippen LogP contribution in [0.2, 0.25) is 0 Å². The first-order valence-electron chi connectivity index (χ1n) is 13.2. The summed E-state index contributed by atoms with van der Waals surface area (Å²) in [6.45, 7) is 5.67. The molecule has 200 valence electrons. The highest BCUT2D eigenvalue weighted by molar-refractivity contribution is 5.99. The van der Waals surface area contributed by atoms with E-state index in [1.807, 2.05) is 45.0 Å². The molecule has 3 aliphatic rings. The molecule has 3 amide bonds. The lowest BCUT2D eigenvalue weighted by molar-refractivity contribution is -0.152. The molecule has 0 radical (unpaired) electrons. The van der Waals surface area contributed by atoms with E-state index in [1.165, 1.54) is 4.90 Å². The van der Waals surface area contributed by atoms with Gasteiger partial charge < -0.3 is 25.4 Å². The third-order valence-electron chi connectivity index (χ3n) is 9.06. The maximum absolute atomic E-state index is 14.2. The summed E-state index contributed by atoms with van der Waals surface area (Å²) < 4.78 is 8.30. The van der Waals surface area contributed by atoms with Crippen LogP contribution in [0.4, 0.5) is 0 Å². The summed E-state index contributed by atoms with van der Waals surface area (Å²) >= 11 is 0. The topological polar surface area (TPSA) is 139 Å². The Hall–Kier alpha value is -3.05. The normalized spacial score (nSPS) is 32.0. The summed E-state index contributed by atoms with van der Waals surface area (Å²) in [4.78, 5) is 42.8. The highest BCUT2D eigenvalue weighted by Gasteiger charge is 2.79. The zero-order valence-electron chi connectivity index (χ0n) is 21.8. The molecule has 7 atom stereocenters. The van der Waals surface area contributed by atoms with Crippen LogP contribution in [0.15, 0.2) is 24.3 Å². The van der Waals surface area contributed by atoms with Gasteiger partial charge in [0.25, 0.3) is 0 Å². The smallest absolute Gasteiger partial charge is 0.247 e. The van der Waals surface area contributed by atoms with Crippen LogP contribution in [0.5, 0.6) is 0 Å². The Kier molecular flexibility index (Phi) is 6.47. The van der Waals surface area contributed by atoms with E-state index in [9.17, 15) is 19.5 Å². The molecular weight excluding hydrogens is 476 g/mol. The molecule has 1 aromatic carbocycles. The number of rotatable bonds is 9. The number of fused-ring (bicyclic) bond motifs is 2. The quantitative estimate of drug-likeness (QED) is 0.452. The number of aliphatic hydroxyl groups excluding tert-OH is 1. The Balaban J connectivity index is 1.54. The number of nitrogens with zero attached hydrogens (tertiary/aromatic N) is 4. The zero-order chi connectivity index (χ0) is 26.5. The number of nitrogens with one attached hydrogen (secondary N) is 2. The lowest BCUT2D eigenvalue weighted by atomic mass is 9.65. The zero-order valence-corrected chi connectivity index (χ0v) is 21.8. The second kappa shape index (κ2) is 9.36. The van der Waals surface area contributed by atoms with Gasteiger partial charge >= 0.3 is 0 Å². The van der Waals surface area contributed by atoms with Crippen molar-refractivity contribution < 1.29 is 24.2 Å². The molecule has 3 N–H and O–H groups in total.